The standard InChI is InChI=1S/C22H22N4O4S2/c1-11-15-17(29-7-5-27-15)19(31-11)13-9-25(3)21(23-13)22-24-14(10-26(22)4)20-18-16(12(2)32-20)28-6-8-30-18/h9-10H,5-8H2,1-4H3. The van der Waals surface area contributed by atoms with E-state index in [0.29, 0.717) is 26.4 Å². The molecule has 6 heterocycles. The predicted octanol–water partition coefficient (Wildman–Crippen LogP) is 4.44. The van der Waals surface area contributed by atoms with Gasteiger partial charge in [0, 0.05) is 36.2 Å². The lowest BCUT2D eigenvalue weighted by atomic mass is 10.3. The number of hydrogen-bond acceptors (Lipinski definition) is 8. The molecule has 166 valence electrons. The van der Waals surface area contributed by atoms with Gasteiger partial charge in [-0.1, -0.05) is 0 Å². The van der Waals surface area contributed by atoms with Crippen LogP contribution in [0.5, 0.6) is 23.0 Å². The van der Waals surface area contributed by atoms with E-state index in [9.17, 15) is 0 Å². The van der Waals surface area contributed by atoms with E-state index in [1.54, 1.807) is 22.7 Å². The summed E-state index contributed by atoms with van der Waals surface area (Å²) in [6.45, 7) is 6.35. The van der Waals surface area contributed by atoms with E-state index >= 15 is 0 Å². The Labute approximate surface area is 193 Å². The fourth-order valence-corrected chi connectivity index (χ4v) is 6.09. The van der Waals surface area contributed by atoms with Gasteiger partial charge in [0.2, 0.25) is 0 Å². The van der Waals surface area contributed by atoms with E-state index in [2.05, 4.69) is 0 Å². The number of rotatable bonds is 3. The molecule has 0 N–H and O–H groups in total. The molecule has 4 aromatic heterocycles. The summed E-state index contributed by atoms with van der Waals surface area (Å²) in [6, 6.07) is 0. The molecule has 0 spiro atoms. The molecule has 0 aliphatic carbocycles. The van der Waals surface area contributed by atoms with Crippen LogP contribution in [0.3, 0.4) is 0 Å². The lowest BCUT2D eigenvalue weighted by molar-refractivity contribution is 0.173. The zero-order chi connectivity index (χ0) is 22.0. The molecule has 0 unspecified atom stereocenters. The third-order valence-corrected chi connectivity index (χ3v) is 7.73. The Morgan fingerprint density at radius 1 is 0.656 bits per heavy atom. The fourth-order valence-electron chi connectivity index (χ4n) is 4.09. The van der Waals surface area contributed by atoms with Gasteiger partial charge in [0.25, 0.3) is 0 Å². The van der Waals surface area contributed by atoms with Crippen LogP contribution in [0.15, 0.2) is 12.4 Å². The first-order valence-corrected chi connectivity index (χ1v) is 12.0. The molecule has 2 aliphatic rings. The van der Waals surface area contributed by atoms with Crippen molar-refractivity contribution >= 4 is 22.7 Å². The van der Waals surface area contributed by atoms with Gasteiger partial charge in [0.1, 0.15) is 47.6 Å². The molecule has 0 radical (unpaired) electrons. The molecule has 0 bridgehead atoms. The molecule has 0 amide bonds. The van der Waals surface area contributed by atoms with Gasteiger partial charge in [-0.05, 0) is 13.8 Å². The summed E-state index contributed by atoms with van der Waals surface area (Å²) >= 11 is 3.29. The number of fused-ring (bicyclic) bond motifs is 2. The van der Waals surface area contributed by atoms with Crippen molar-refractivity contribution in [3.05, 3.63) is 22.1 Å². The van der Waals surface area contributed by atoms with Gasteiger partial charge in [-0.2, -0.15) is 0 Å². The maximum absolute atomic E-state index is 5.92. The van der Waals surface area contributed by atoms with Gasteiger partial charge in [-0.15, -0.1) is 22.7 Å². The van der Waals surface area contributed by atoms with E-state index in [0.717, 1.165) is 65.5 Å². The third kappa shape index (κ3) is 2.93. The molecule has 8 nitrogen and oxygen atoms in total. The van der Waals surface area contributed by atoms with Crippen LogP contribution < -0.4 is 18.9 Å². The van der Waals surface area contributed by atoms with Crippen LogP contribution >= 0.6 is 22.7 Å². The molecule has 0 saturated heterocycles. The molecular formula is C22H22N4O4S2. The average Bonchev–Trinajstić information content (AvgIpc) is 3.53. The van der Waals surface area contributed by atoms with E-state index in [4.69, 9.17) is 28.9 Å². The molecule has 6 rings (SSSR count). The lowest BCUT2D eigenvalue weighted by Gasteiger charge is -2.16. The molecule has 10 heteroatoms. The lowest BCUT2D eigenvalue weighted by Crippen LogP contribution is -2.14. The van der Waals surface area contributed by atoms with Gasteiger partial charge in [0.05, 0.1) is 0 Å². The maximum atomic E-state index is 5.92. The van der Waals surface area contributed by atoms with Crippen LogP contribution in [0, 0.1) is 13.8 Å². The van der Waals surface area contributed by atoms with E-state index in [1.807, 2.05) is 49.5 Å². The SMILES string of the molecule is Cc1sc(-c2cn(C)c(-c3nc(-c4sc(C)c5c4OCCO5)cn3C)n2)c2c1OCCO2. The van der Waals surface area contributed by atoms with Gasteiger partial charge >= 0.3 is 0 Å². The largest absolute Gasteiger partial charge is 0.485 e. The second-order valence-corrected chi connectivity index (χ2v) is 10.3. The number of imidazole rings is 2. The molecule has 0 fully saturated rings. The highest BCUT2D eigenvalue weighted by Gasteiger charge is 2.28. The Morgan fingerprint density at radius 3 is 1.44 bits per heavy atom. The monoisotopic (exact) mass is 470 g/mol. The van der Waals surface area contributed by atoms with Gasteiger partial charge in [-0.3, -0.25) is 0 Å². The van der Waals surface area contributed by atoms with Crippen LogP contribution in [0.1, 0.15) is 9.75 Å². The number of aryl methyl sites for hydroxylation is 4. The highest BCUT2D eigenvalue weighted by molar-refractivity contribution is 7.16. The number of aromatic nitrogens is 4. The normalized spacial score (nSPS) is 14.8. The molecule has 4 aromatic rings. The first kappa shape index (κ1) is 19.7. The van der Waals surface area contributed by atoms with Crippen molar-refractivity contribution in [1.29, 1.82) is 0 Å². The Bertz CT molecular complexity index is 1240. The van der Waals surface area contributed by atoms with Gasteiger partial charge in [0.15, 0.2) is 34.6 Å². The van der Waals surface area contributed by atoms with Crippen LogP contribution in [-0.4, -0.2) is 45.5 Å². The smallest absolute Gasteiger partial charge is 0.181 e. The quantitative estimate of drug-likeness (QED) is 0.441. The number of nitrogens with zero attached hydrogens (tertiary/aromatic N) is 4. The Balaban J connectivity index is 1.41. The van der Waals surface area contributed by atoms with Gasteiger partial charge in [-0.25, -0.2) is 9.97 Å². The topological polar surface area (TPSA) is 72.6 Å². The second kappa shape index (κ2) is 7.28. The van der Waals surface area contributed by atoms with Crippen molar-refractivity contribution in [2.75, 3.05) is 26.4 Å². The molecule has 0 aromatic carbocycles. The van der Waals surface area contributed by atoms with Crippen molar-refractivity contribution in [2.45, 2.75) is 13.8 Å². The van der Waals surface area contributed by atoms with Crippen LogP contribution in [0.2, 0.25) is 0 Å². The number of thiophene rings is 2. The Hall–Kier alpha value is -2.98. The molecule has 0 atom stereocenters. The Kier molecular flexibility index (Phi) is 4.48. The minimum Gasteiger partial charge on any atom is -0.485 e. The van der Waals surface area contributed by atoms with Crippen molar-refractivity contribution in [1.82, 2.24) is 19.1 Å². The van der Waals surface area contributed by atoms with E-state index in [1.165, 1.54) is 0 Å². The number of ether oxygens (including phenoxy) is 4. The van der Waals surface area contributed by atoms with Crippen LogP contribution in [0.25, 0.3) is 32.8 Å². The van der Waals surface area contributed by atoms with Crippen molar-refractivity contribution in [3.8, 4) is 55.8 Å². The first-order valence-electron chi connectivity index (χ1n) is 10.4. The predicted molar refractivity (Wildman–Crippen MR) is 123 cm³/mol. The van der Waals surface area contributed by atoms with E-state index < -0.39 is 0 Å². The summed E-state index contributed by atoms with van der Waals surface area (Å²) < 4.78 is 27.5. The highest BCUT2D eigenvalue weighted by Crippen LogP contribution is 2.50. The van der Waals surface area contributed by atoms with E-state index in [-0.39, 0.29) is 0 Å². The summed E-state index contributed by atoms with van der Waals surface area (Å²) in [5.74, 6) is 4.82. The third-order valence-electron chi connectivity index (χ3n) is 5.55. The molecule has 32 heavy (non-hydrogen) atoms. The highest BCUT2D eigenvalue weighted by atomic mass is 32.1. The van der Waals surface area contributed by atoms with Crippen LogP contribution in [-0.2, 0) is 14.1 Å². The summed E-state index contributed by atoms with van der Waals surface area (Å²) in [4.78, 5) is 14.0. The molecular weight excluding hydrogens is 448 g/mol. The minimum absolute atomic E-state index is 0.551. The molecule has 2 aliphatic heterocycles. The first-order chi connectivity index (χ1) is 15.5. The van der Waals surface area contributed by atoms with Crippen LogP contribution in [0.4, 0.5) is 0 Å². The van der Waals surface area contributed by atoms with Crippen molar-refractivity contribution in [2.24, 2.45) is 14.1 Å². The van der Waals surface area contributed by atoms with Crippen molar-refractivity contribution < 1.29 is 18.9 Å². The second-order valence-electron chi connectivity index (χ2n) is 7.81. The summed E-state index contributed by atoms with van der Waals surface area (Å²) in [5, 5.41) is 0. The summed E-state index contributed by atoms with van der Waals surface area (Å²) in [7, 11) is 3.97. The fraction of sp³-hybridized carbons (Fsp3) is 0.364. The molecule has 0 saturated carbocycles. The zero-order valence-electron chi connectivity index (χ0n) is 18.2. The maximum Gasteiger partial charge on any atom is 0.181 e. The minimum atomic E-state index is 0.551. The van der Waals surface area contributed by atoms with Crippen molar-refractivity contribution in [3.63, 3.8) is 0 Å². The van der Waals surface area contributed by atoms with Gasteiger partial charge < -0.3 is 28.1 Å². The zero-order valence-corrected chi connectivity index (χ0v) is 19.9. The number of hydrogen-bond donors (Lipinski definition) is 0. The summed E-state index contributed by atoms with van der Waals surface area (Å²) in [6.07, 6.45) is 4.03. The Morgan fingerprint density at radius 2 is 1.03 bits per heavy atom. The average molecular weight is 471 g/mol. The summed E-state index contributed by atoms with van der Waals surface area (Å²) in [5.41, 5.74) is 1.71.